The van der Waals surface area contributed by atoms with Crippen LogP contribution in [0, 0.1) is 3.57 Å². The van der Waals surface area contributed by atoms with E-state index in [1.54, 1.807) is 30.3 Å². The molecule has 4 nitrogen and oxygen atoms in total. The quantitative estimate of drug-likeness (QED) is 0.714. The molecular weight excluding hydrogens is 403 g/mol. The molecule has 1 unspecified atom stereocenters. The first-order chi connectivity index (χ1) is 11.0. The number of anilines is 1. The van der Waals surface area contributed by atoms with Crippen LogP contribution in [0.25, 0.3) is 0 Å². The molecule has 0 bridgehead atoms. The average Bonchev–Trinajstić information content (AvgIpc) is 2.55. The zero-order valence-electron chi connectivity index (χ0n) is 13.1. The van der Waals surface area contributed by atoms with Gasteiger partial charge in [0.05, 0.1) is 0 Å². The smallest absolute Gasteiger partial charge is 0.255 e. The van der Waals surface area contributed by atoms with E-state index in [2.05, 4.69) is 33.2 Å². The van der Waals surface area contributed by atoms with Crippen molar-refractivity contribution in [2.75, 3.05) is 5.32 Å². The van der Waals surface area contributed by atoms with Gasteiger partial charge in [0, 0.05) is 26.4 Å². The molecule has 0 aliphatic rings. The van der Waals surface area contributed by atoms with Gasteiger partial charge in [0.15, 0.2) is 0 Å². The second kappa shape index (κ2) is 8.10. The Morgan fingerprint density at radius 2 is 1.74 bits per heavy atom. The van der Waals surface area contributed by atoms with E-state index in [-0.39, 0.29) is 17.9 Å². The first-order valence-electron chi connectivity index (χ1n) is 7.47. The number of halogens is 1. The first-order valence-corrected chi connectivity index (χ1v) is 8.55. The summed E-state index contributed by atoms with van der Waals surface area (Å²) in [6.45, 7) is 3.99. The van der Waals surface area contributed by atoms with Gasteiger partial charge in [-0.05, 0) is 78.4 Å². The number of benzene rings is 2. The summed E-state index contributed by atoms with van der Waals surface area (Å²) in [6, 6.07) is 14.4. The van der Waals surface area contributed by atoms with E-state index >= 15 is 0 Å². The first kappa shape index (κ1) is 17.5. The lowest BCUT2D eigenvalue weighted by Gasteiger charge is -2.12. The number of hydrogen-bond donors (Lipinski definition) is 2. The predicted molar refractivity (Wildman–Crippen MR) is 101 cm³/mol. The Morgan fingerprint density at radius 3 is 2.35 bits per heavy atom. The van der Waals surface area contributed by atoms with Gasteiger partial charge in [0.25, 0.3) is 11.8 Å². The van der Waals surface area contributed by atoms with Crippen LogP contribution in [0.3, 0.4) is 0 Å². The standard InChI is InChI=1S/C18H19IN2O2/c1-3-12(2)20-17(22)13-7-9-16(10-8-13)21-18(23)14-5-4-6-15(19)11-14/h4-12H,3H2,1-2H3,(H,20,22)(H,21,23). The molecule has 1 atom stereocenters. The Balaban J connectivity index is 2.02. The summed E-state index contributed by atoms with van der Waals surface area (Å²) in [5, 5.41) is 5.74. The minimum Gasteiger partial charge on any atom is -0.350 e. The van der Waals surface area contributed by atoms with Crippen molar-refractivity contribution >= 4 is 40.1 Å². The summed E-state index contributed by atoms with van der Waals surface area (Å²) in [4.78, 5) is 24.2. The van der Waals surface area contributed by atoms with Crippen molar-refractivity contribution in [3.63, 3.8) is 0 Å². The Labute approximate surface area is 149 Å². The number of carbonyl (C=O) groups is 2. The number of rotatable bonds is 5. The maximum atomic E-state index is 12.2. The van der Waals surface area contributed by atoms with Crippen molar-refractivity contribution in [1.82, 2.24) is 5.32 Å². The van der Waals surface area contributed by atoms with Gasteiger partial charge in [-0.2, -0.15) is 0 Å². The van der Waals surface area contributed by atoms with Crippen LogP contribution in [-0.4, -0.2) is 17.9 Å². The fourth-order valence-corrected chi connectivity index (χ4v) is 2.49. The second-order valence-electron chi connectivity index (χ2n) is 5.32. The van der Waals surface area contributed by atoms with Crippen LogP contribution in [0.15, 0.2) is 48.5 Å². The number of hydrogen-bond acceptors (Lipinski definition) is 2. The van der Waals surface area contributed by atoms with Crippen LogP contribution in [0.1, 0.15) is 41.0 Å². The predicted octanol–water partition coefficient (Wildman–Crippen LogP) is 4.07. The molecule has 0 aliphatic carbocycles. The van der Waals surface area contributed by atoms with Crippen molar-refractivity contribution in [3.8, 4) is 0 Å². The third kappa shape index (κ3) is 5.06. The Bertz CT molecular complexity index is 698. The van der Waals surface area contributed by atoms with Gasteiger partial charge < -0.3 is 10.6 Å². The molecule has 120 valence electrons. The zero-order valence-corrected chi connectivity index (χ0v) is 15.3. The van der Waals surface area contributed by atoms with Crippen LogP contribution in [0.2, 0.25) is 0 Å². The topological polar surface area (TPSA) is 58.2 Å². The van der Waals surface area contributed by atoms with Crippen molar-refractivity contribution in [3.05, 3.63) is 63.2 Å². The maximum absolute atomic E-state index is 12.2. The molecule has 0 aromatic heterocycles. The normalized spacial score (nSPS) is 11.6. The second-order valence-corrected chi connectivity index (χ2v) is 6.57. The molecule has 0 aliphatic heterocycles. The Kier molecular flexibility index (Phi) is 6.15. The lowest BCUT2D eigenvalue weighted by atomic mass is 10.1. The maximum Gasteiger partial charge on any atom is 0.255 e. The van der Waals surface area contributed by atoms with Crippen molar-refractivity contribution in [1.29, 1.82) is 0 Å². The van der Waals surface area contributed by atoms with E-state index in [1.807, 2.05) is 32.0 Å². The number of carbonyl (C=O) groups excluding carboxylic acids is 2. The molecule has 23 heavy (non-hydrogen) atoms. The van der Waals surface area contributed by atoms with Gasteiger partial charge in [-0.15, -0.1) is 0 Å². The van der Waals surface area contributed by atoms with Crippen molar-refractivity contribution < 1.29 is 9.59 Å². The van der Waals surface area contributed by atoms with Gasteiger partial charge in [-0.1, -0.05) is 13.0 Å². The van der Waals surface area contributed by atoms with E-state index in [0.29, 0.717) is 16.8 Å². The zero-order chi connectivity index (χ0) is 16.8. The molecule has 2 rings (SSSR count). The molecule has 2 amide bonds. The lowest BCUT2D eigenvalue weighted by molar-refractivity contribution is 0.0938. The fourth-order valence-electron chi connectivity index (χ4n) is 1.95. The molecule has 0 saturated carbocycles. The Hall–Kier alpha value is -1.89. The van der Waals surface area contributed by atoms with Crippen LogP contribution >= 0.6 is 22.6 Å². The van der Waals surface area contributed by atoms with Crippen molar-refractivity contribution in [2.45, 2.75) is 26.3 Å². The van der Waals surface area contributed by atoms with Gasteiger partial charge in [0.2, 0.25) is 0 Å². The molecule has 2 N–H and O–H groups in total. The number of nitrogens with one attached hydrogen (secondary N) is 2. The highest BCUT2D eigenvalue weighted by Crippen LogP contribution is 2.13. The van der Waals surface area contributed by atoms with E-state index in [4.69, 9.17) is 0 Å². The summed E-state index contributed by atoms with van der Waals surface area (Å²) in [5.41, 5.74) is 1.85. The van der Waals surface area contributed by atoms with E-state index in [9.17, 15) is 9.59 Å². The summed E-state index contributed by atoms with van der Waals surface area (Å²) >= 11 is 2.17. The molecule has 5 heteroatoms. The fraction of sp³-hybridized carbons (Fsp3) is 0.222. The van der Waals surface area contributed by atoms with Crippen LogP contribution in [0.4, 0.5) is 5.69 Å². The molecule has 2 aromatic carbocycles. The molecule has 0 radical (unpaired) electrons. The van der Waals surface area contributed by atoms with Gasteiger partial charge >= 0.3 is 0 Å². The van der Waals surface area contributed by atoms with Crippen LogP contribution < -0.4 is 10.6 Å². The Morgan fingerprint density at radius 1 is 1.04 bits per heavy atom. The highest BCUT2D eigenvalue weighted by molar-refractivity contribution is 14.1. The summed E-state index contributed by atoms with van der Waals surface area (Å²) in [7, 11) is 0. The largest absolute Gasteiger partial charge is 0.350 e. The summed E-state index contributed by atoms with van der Waals surface area (Å²) in [5.74, 6) is -0.268. The highest BCUT2D eigenvalue weighted by atomic mass is 127. The third-order valence-corrected chi connectivity index (χ3v) is 4.15. The van der Waals surface area contributed by atoms with Crippen molar-refractivity contribution in [2.24, 2.45) is 0 Å². The minimum absolute atomic E-state index is 0.102. The summed E-state index contributed by atoms with van der Waals surface area (Å²) < 4.78 is 1.01. The van der Waals surface area contributed by atoms with Gasteiger partial charge in [-0.3, -0.25) is 9.59 Å². The monoisotopic (exact) mass is 422 g/mol. The average molecular weight is 422 g/mol. The molecule has 0 spiro atoms. The molecule has 0 heterocycles. The van der Waals surface area contributed by atoms with E-state index < -0.39 is 0 Å². The van der Waals surface area contributed by atoms with Crippen LogP contribution in [-0.2, 0) is 0 Å². The molecular formula is C18H19IN2O2. The number of amides is 2. The van der Waals surface area contributed by atoms with Gasteiger partial charge in [-0.25, -0.2) is 0 Å². The molecule has 2 aromatic rings. The summed E-state index contributed by atoms with van der Waals surface area (Å²) in [6.07, 6.45) is 0.885. The third-order valence-electron chi connectivity index (χ3n) is 3.48. The molecule has 0 fully saturated rings. The highest BCUT2D eigenvalue weighted by Gasteiger charge is 2.10. The SMILES string of the molecule is CCC(C)NC(=O)c1ccc(NC(=O)c2cccc(I)c2)cc1. The molecule has 0 saturated heterocycles. The minimum atomic E-state index is -0.166. The van der Waals surface area contributed by atoms with E-state index in [1.165, 1.54) is 0 Å². The van der Waals surface area contributed by atoms with E-state index in [0.717, 1.165) is 9.99 Å². The lowest BCUT2D eigenvalue weighted by Crippen LogP contribution is -2.31. The van der Waals surface area contributed by atoms with Gasteiger partial charge in [0.1, 0.15) is 0 Å². The van der Waals surface area contributed by atoms with Crippen LogP contribution in [0.5, 0.6) is 0 Å².